The first-order valence-electron chi connectivity index (χ1n) is 12.4. The number of aliphatic carboxylic acids is 3. The molecule has 2 heterocycles. The first-order chi connectivity index (χ1) is 20.0. The zero-order valence-electron chi connectivity index (χ0n) is 22.3. The number of phenols is 2. The monoisotopic (exact) mass is 645 g/mol. The number of fused-ring (bicyclic) bond motifs is 1. The third-order valence-electron chi connectivity index (χ3n) is 6.94. The summed E-state index contributed by atoms with van der Waals surface area (Å²) in [5.41, 5.74) is -2.94. The number of benzene rings is 2. The molecule has 0 radical (unpaired) electrons. The number of aliphatic hydroxyl groups is 2. The van der Waals surface area contributed by atoms with Crippen molar-refractivity contribution in [3.05, 3.63) is 55.9 Å². The Hall–Kier alpha value is -3.95. The number of halogens is 3. The van der Waals surface area contributed by atoms with Crippen LogP contribution in [-0.2, 0) is 14.4 Å². The summed E-state index contributed by atoms with van der Waals surface area (Å²) in [5.74, 6) is -6.84. The number of phenolic OH excluding ortho intramolecular Hbond substituents is 2. The van der Waals surface area contributed by atoms with Gasteiger partial charge in [0.25, 0.3) is 0 Å². The second-order valence-corrected chi connectivity index (χ2v) is 10.7. The van der Waals surface area contributed by atoms with Crippen molar-refractivity contribution in [3.63, 3.8) is 0 Å². The topological polar surface area (TPSA) is 226 Å². The molecule has 43 heavy (non-hydrogen) atoms. The zero-order chi connectivity index (χ0) is 32.4. The Morgan fingerprint density at radius 2 is 1.63 bits per heavy atom. The van der Waals surface area contributed by atoms with Crippen LogP contribution in [0.2, 0.25) is 10.0 Å². The maximum atomic E-state index is 14.0. The minimum atomic E-state index is -2.74. The number of hydrogen-bond acceptors (Lipinski definition) is 10. The van der Waals surface area contributed by atoms with Crippen LogP contribution in [0.5, 0.6) is 11.5 Å². The first-order valence-corrected chi connectivity index (χ1v) is 13.1. The number of hydrogen-bond donors (Lipinski definition) is 7. The van der Waals surface area contributed by atoms with Crippen molar-refractivity contribution >= 4 is 52.1 Å². The standard InChI is InChI=1S/C21H18Cl2FNO5.C6H8O7/c1-25-3-2-9(14(25)8-26)19-15(27)6-16(28)20-17(29)7-18(30-21(19)20)10-4-13(24)12(23)5-11(10)22;7-3(8)1-6(13,5(11)12)2-4(9)10/h4-7,9,14,26-28H,2-3,8H2,1H3;13H,1-2H2,(H,7,8)(H,9,10)(H,11,12)/t9-,14+;/m0./s1. The van der Waals surface area contributed by atoms with Crippen LogP contribution in [0.15, 0.2) is 33.5 Å². The Morgan fingerprint density at radius 3 is 2.16 bits per heavy atom. The Balaban J connectivity index is 0.000000331. The van der Waals surface area contributed by atoms with Crippen LogP contribution in [-0.4, -0.2) is 90.4 Å². The highest BCUT2D eigenvalue weighted by atomic mass is 35.5. The highest BCUT2D eigenvalue weighted by Crippen LogP contribution is 2.44. The third-order valence-corrected chi connectivity index (χ3v) is 7.54. The third kappa shape index (κ3) is 7.17. The van der Waals surface area contributed by atoms with E-state index >= 15 is 0 Å². The molecule has 1 fully saturated rings. The van der Waals surface area contributed by atoms with E-state index < -0.39 is 53.3 Å². The summed E-state index contributed by atoms with van der Waals surface area (Å²) >= 11 is 11.9. The minimum Gasteiger partial charge on any atom is -0.507 e. The number of rotatable bonds is 8. The molecule has 232 valence electrons. The molecular weight excluding hydrogens is 620 g/mol. The van der Waals surface area contributed by atoms with Gasteiger partial charge in [-0.3, -0.25) is 14.4 Å². The predicted octanol–water partition coefficient (Wildman–Crippen LogP) is 2.85. The molecule has 1 aliphatic heterocycles. The molecule has 2 atom stereocenters. The van der Waals surface area contributed by atoms with Gasteiger partial charge in [-0.1, -0.05) is 23.2 Å². The van der Waals surface area contributed by atoms with Gasteiger partial charge in [0.1, 0.15) is 34.0 Å². The lowest BCUT2D eigenvalue weighted by Crippen LogP contribution is -2.42. The number of carboxylic acid groups (broad SMARTS) is 3. The summed E-state index contributed by atoms with van der Waals surface area (Å²) < 4.78 is 20.0. The van der Waals surface area contributed by atoms with Crippen molar-refractivity contribution in [1.29, 1.82) is 0 Å². The molecule has 0 unspecified atom stereocenters. The van der Waals surface area contributed by atoms with E-state index in [1.165, 1.54) is 6.07 Å². The normalized spacial score (nSPS) is 17.0. The van der Waals surface area contributed by atoms with Crippen molar-refractivity contribution in [2.24, 2.45) is 0 Å². The Labute approximate surface area is 251 Å². The zero-order valence-corrected chi connectivity index (χ0v) is 23.8. The fourth-order valence-electron chi connectivity index (χ4n) is 4.85. The lowest BCUT2D eigenvalue weighted by molar-refractivity contribution is -0.170. The number of aliphatic hydroxyl groups excluding tert-OH is 1. The number of carboxylic acids is 3. The fraction of sp³-hybridized carbons (Fsp3) is 0.333. The fourth-order valence-corrected chi connectivity index (χ4v) is 5.33. The first kappa shape index (κ1) is 33.6. The maximum Gasteiger partial charge on any atom is 0.336 e. The number of likely N-dealkylation sites (N-methyl/N-ethyl adjacent to an activating group) is 1. The summed E-state index contributed by atoms with van der Waals surface area (Å²) in [6, 6.07) is 4.13. The van der Waals surface area contributed by atoms with Crippen molar-refractivity contribution in [2.75, 3.05) is 20.2 Å². The van der Waals surface area contributed by atoms with Crippen LogP contribution < -0.4 is 5.43 Å². The highest BCUT2D eigenvalue weighted by Gasteiger charge is 2.41. The van der Waals surface area contributed by atoms with Crippen molar-refractivity contribution in [2.45, 2.75) is 36.8 Å². The number of aromatic hydroxyl groups is 2. The summed E-state index contributed by atoms with van der Waals surface area (Å²) in [6.07, 6.45) is -1.69. The minimum absolute atomic E-state index is 0.0276. The SMILES string of the molecule is CN1CC[C@H](c2c(O)cc(O)c3c(=O)cc(-c4cc(F)c(Cl)cc4Cl)oc23)[C@H]1CO.O=C(O)CC(O)(CC(=O)O)C(=O)O. The Morgan fingerprint density at radius 1 is 1.02 bits per heavy atom. The van der Waals surface area contributed by atoms with E-state index in [0.29, 0.717) is 18.5 Å². The quantitative estimate of drug-likeness (QED) is 0.175. The Bertz CT molecular complexity index is 1630. The van der Waals surface area contributed by atoms with E-state index in [1.807, 2.05) is 11.9 Å². The molecule has 16 heteroatoms. The molecule has 7 N–H and O–H groups in total. The highest BCUT2D eigenvalue weighted by molar-refractivity contribution is 6.36. The van der Waals surface area contributed by atoms with Gasteiger partial charge in [0.15, 0.2) is 11.0 Å². The van der Waals surface area contributed by atoms with Crippen LogP contribution in [0.25, 0.3) is 22.3 Å². The van der Waals surface area contributed by atoms with Gasteiger partial charge in [0.05, 0.1) is 29.5 Å². The van der Waals surface area contributed by atoms with Crippen LogP contribution in [0.4, 0.5) is 4.39 Å². The second kappa shape index (κ2) is 13.1. The van der Waals surface area contributed by atoms with Gasteiger partial charge in [-0.25, -0.2) is 9.18 Å². The van der Waals surface area contributed by atoms with Gasteiger partial charge in [0, 0.05) is 35.2 Å². The second-order valence-electron chi connectivity index (χ2n) is 9.86. The molecule has 0 saturated carbocycles. The average molecular weight is 646 g/mol. The number of likely N-dealkylation sites (tertiary alicyclic amines) is 1. The molecule has 0 amide bonds. The van der Waals surface area contributed by atoms with Gasteiger partial charge in [-0.15, -0.1) is 0 Å². The van der Waals surface area contributed by atoms with Gasteiger partial charge in [-0.2, -0.15) is 0 Å². The molecule has 1 aliphatic rings. The van der Waals surface area contributed by atoms with Gasteiger partial charge < -0.3 is 45.1 Å². The van der Waals surface area contributed by atoms with E-state index in [2.05, 4.69) is 0 Å². The molecule has 13 nitrogen and oxygen atoms in total. The van der Waals surface area contributed by atoms with Crippen molar-refractivity contribution < 1.29 is 58.9 Å². The largest absolute Gasteiger partial charge is 0.507 e. The summed E-state index contributed by atoms with van der Waals surface area (Å²) in [4.78, 5) is 45.3. The van der Waals surface area contributed by atoms with Crippen molar-refractivity contribution in [1.82, 2.24) is 4.90 Å². The van der Waals surface area contributed by atoms with Crippen LogP contribution in [0, 0.1) is 5.82 Å². The molecule has 0 spiro atoms. The molecular formula is C27H26Cl2FNO12. The average Bonchev–Trinajstić information content (AvgIpc) is 3.24. The molecule has 1 saturated heterocycles. The maximum absolute atomic E-state index is 14.0. The van der Waals surface area contributed by atoms with Crippen molar-refractivity contribution in [3.8, 4) is 22.8 Å². The molecule has 1 aromatic heterocycles. The molecule has 4 rings (SSSR count). The molecule has 0 bridgehead atoms. The van der Waals surface area contributed by atoms with Crippen LogP contribution >= 0.6 is 23.2 Å². The van der Waals surface area contributed by atoms with Gasteiger partial charge in [-0.05, 0) is 32.1 Å². The van der Waals surface area contributed by atoms with E-state index in [0.717, 1.165) is 18.2 Å². The van der Waals surface area contributed by atoms with Crippen LogP contribution in [0.1, 0.15) is 30.7 Å². The summed E-state index contributed by atoms with van der Waals surface area (Å²) in [7, 11) is 1.85. The van der Waals surface area contributed by atoms with E-state index in [1.54, 1.807) is 0 Å². The Kier molecular flexibility index (Phi) is 10.3. The smallest absolute Gasteiger partial charge is 0.336 e. The lowest BCUT2D eigenvalue weighted by Gasteiger charge is -2.24. The van der Waals surface area contributed by atoms with Crippen LogP contribution in [0.3, 0.4) is 0 Å². The van der Waals surface area contributed by atoms with E-state index in [9.17, 15) is 38.9 Å². The number of carbonyl (C=O) groups is 3. The lowest BCUT2D eigenvalue weighted by atomic mass is 9.89. The number of nitrogens with zero attached hydrogens (tertiary/aromatic N) is 1. The van der Waals surface area contributed by atoms with E-state index in [-0.39, 0.29) is 56.7 Å². The summed E-state index contributed by atoms with van der Waals surface area (Å²) in [6.45, 7) is 0.497. The van der Waals surface area contributed by atoms with Gasteiger partial charge >= 0.3 is 17.9 Å². The summed E-state index contributed by atoms with van der Waals surface area (Å²) in [5, 5.41) is 64.3. The molecule has 2 aromatic carbocycles. The molecule has 0 aliphatic carbocycles. The predicted molar refractivity (Wildman–Crippen MR) is 149 cm³/mol. The van der Waals surface area contributed by atoms with E-state index in [4.69, 9.17) is 48.0 Å². The van der Waals surface area contributed by atoms with Gasteiger partial charge in [0.2, 0.25) is 0 Å². The molecule has 3 aromatic rings.